The number of hydrogen-bond donors (Lipinski definition) is 1. The van der Waals surface area contributed by atoms with Crippen LogP contribution in [0.2, 0.25) is 0 Å². The zero-order valence-electron chi connectivity index (χ0n) is 17.9. The second kappa shape index (κ2) is 9.32. The first-order chi connectivity index (χ1) is 15.7. The lowest BCUT2D eigenvalue weighted by Crippen LogP contribution is -2.15. The van der Waals surface area contributed by atoms with E-state index in [2.05, 4.69) is 20.1 Å². The Bertz CT molecular complexity index is 1120. The van der Waals surface area contributed by atoms with E-state index < -0.39 is 0 Å². The largest absolute Gasteiger partial charge is 0.461 e. The van der Waals surface area contributed by atoms with E-state index in [-0.39, 0.29) is 17.4 Å². The van der Waals surface area contributed by atoms with Crippen molar-refractivity contribution < 1.29 is 14.0 Å². The first-order valence-electron chi connectivity index (χ1n) is 11.3. The number of carbonyl (C=O) groups is 2. The van der Waals surface area contributed by atoms with Crippen molar-refractivity contribution >= 4 is 29.1 Å². The van der Waals surface area contributed by atoms with Gasteiger partial charge in [-0.2, -0.15) is 0 Å². The van der Waals surface area contributed by atoms with Gasteiger partial charge in [-0.1, -0.05) is 31.0 Å². The van der Waals surface area contributed by atoms with Gasteiger partial charge in [-0.05, 0) is 61.6 Å². The van der Waals surface area contributed by atoms with Crippen LogP contribution < -0.4 is 5.32 Å². The maximum Gasteiger partial charge on any atom is 0.224 e. The van der Waals surface area contributed by atoms with Gasteiger partial charge in [0.05, 0.1) is 12.0 Å². The van der Waals surface area contributed by atoms with Crippen molar-refractivity contribution in [3.8, 4) is 11.6 Å². The Morgan fingerprint density at radius 2 is 2.00 bits per heavy atom. The number of aromatic nitrogens is 3. The fraction of sp³-hybridized carbons (Fsp3) is 0.417. The highest BCUT2D eigenvalue weighted by Gasteiger charge is 2.25. The van der Waals surface area contributed by atoms with Gasteiger partial charge < -0.3 is 9.73 Å². The molecule has 1 aliphatic carbocycles. The normalized spacial score (nSPS) is 16.9. The van der Waals surface area contributed by atoms with Crippen LogP contribution in [0.25, 0.3) is 11.6 Å². The van der Waals surface area contributed by atoms with Crippen LogP contribution in [0.15, 0.2) is 46.2 Å². The van der Waals surface area contributed by atoms with Crippen molar-refractivity contribution in [1.29, 1.82) is 0 Å². The van der Waals surface area contributed by atoms with E-state index >= 15 is 0 Å². The van der Waals surface area contributed by atoms with Crippen LogP contribution >= 0.6 is 11.8 Å². The second-order valence-corrected chi connectivity index (χ2v) is 9.37. The number of furan rings is 1. The lowest BCUT2D eigenvalue weighted by Gasteiger charge is -2.25. The standard InChI is InChI=1S/C24H26N4O3S/c29-20(17-11-12-19-16(14-17)6-4-10-22(30)25-19)15-32-24-27-26-23(21-9-5-13-31-21)28(24)18-7-2-1-3-8-18/h5,9,11-14,18H,1-4,6-8,10,15H2,(H,25,30). The van der Waals surface area contributed by atoms with E-state index in [0.717, 1.165) is 47.9 Å². The predicted octanol–water partition coefficient (Wildman–Crippen LogP) is 5.29. The van der Waals surface area contributed by atoms with E-state index in [1.165, 1.54) is 31.0 Å². The number of carbonyl (C=O) groups excluding carboxylic acids is 2. The van der Waals surface area contributed by atoms with Crippen LogP contribution in [-0.2, 0) is 11.2 Å². The molecule has 1 saturated carbocycles. The van der Waals surface area contributed by atoms with Crippen LogP contribution in [-0.4, -0.2) is 32.2 Å². The molecule has 0 bridgehead atoms. The van der Waals surface area contributed by atoms with E-state index in [1.54, 1.807) is 12.3 Å². The summed E-state index contributed by atoms with van der Waals surface area (Å²) < 4.78 is 7.77. The molecule has 2 aliphatic rings. The number of nitrogens with zero attached hydrogens (tertiary/aromatic N) is 3. The van der Waals surface area contributed by atoms with Gasteiger partial charge in [-0.15, -0.1) is 10.2 Å². The Morgan fingerprint density at radius 1 is 1.12 bits per heavy atom. The highest BCUT2D eigenvalue weighted by atomic mass is 32.2. The maximum absolute atomic E-state index is 13.0. The summed E-state index contributed by atoms with van der Waals surface area (Å²) in [7, 11) is 0. The zero-order chi connectivity index (χ0) is 21.9. The molecule has 32 heavy (non-hydrogen) atoms. The summed E-state index contributed by atoms with van der Waals surface area (Å²) in [4.78, 5) is 24.8. The van der Waals surface area contributed by atoms with Crippen LogP contribution in [0.5, 0.6) is 0 Å². The monoisotopic (exact) mass is 450 g/mol. The number of aryl methyl sites for hydroxylation is 1. The highest BCUT2D eigenvalue weighted by Crippen LogP contribution is 2.36. The molecule has 3 heterocycles. The highest BCUT2D eigenvalue weighted by molar-refractivity contribution is 7.99. The molecule has 1 N–H and O–H groups in total. The molecule has 0 saturated heterocycles. The summed E-state index contributed by atoms with van der Waals surface area (Å²) in [5, 5.41) is 12.5. The quantitative estimate of drug-likeness (QED) is 0.405. The van der Waals surface area contributed by atoms with E-state index in [1.807, 2.05) is 24.3 Å². The summed E-state index contributed by atoms with van der Waals surface area (Å²) in [6.07, 6.45) is 9.57. The van der Waals surface area contributed by atoms with Gasteiger partial charge in [0.1, 0.15) is 0 Å². The molecule has 1 aliphatic heterocycles. The number of fused-ring (bicyclic) bond motifs is 1. The Morgan fingerprint density at radius 3 is 2.81 bits per heavy atom. The number of rotatable bonds is 6. The first kappa shape index (κ1) is 21.0. The molecule has 0 spiro atoms. The molecule has 8 heteroatoms. The van der Waals surface area contributed by atoms with Crippen molar-refractivity contribution in [2.45, 2.75) is 62.6 Å². The van der Waals surface area contributed by atoms with E-state index in [9.17, 15) is 9.59 Å². The van der Waals surface area contributed by atoms with E-state index in [0.29, 0.717) is 23.8 Å². The number of thioether (sulfide) groups is 1. The number of hydrogen-bond acceptors (Lipinski definition) is 6. The fourth-order valence-corrected chi connectivity index (χ4v) is 5.48. The summed E-state index contributed by atoms with van der Waals surface area (Å²) in [5.41, 5.74) is 2.51. The topological polar surface area (TPSA) is 90.0 Å². The van der Waals surface area contributed by atoms with Gasteiger partial charge in [0, 0.05) is 23.7 Å². The van der Waals surface area contributed by atoms with Crippen LogP contribution in [0.4, 0.5) is 5.69 Å². The third-order valence-corrected chi connectivity index (χ3v) is 7.17. The Balaban J connectivity index is 1.35. The smallest absolute Gasteiger partial charge is 0.224 e. The summed E-state index contributed by atoms with van der Waals surface area (Å²) in [5.74, 6) is 1.80. The number of amides is 1. The molecule has 5 rings (SSSR count). The van der Waals surface area contributed by atoms with Crippen LogP contribution in [0, 0.1) is 0 Å². The van der Waals surface area contributed by atoms with Gasteiger partial charge in [0.15, 0.2) is 16.7 Å². The van der Waals surface area contributed by atoms with Crippen molar-refractivity contribution in [3.63, 3.8) is 0 Å². The van der Waals surface area contributed by atoms with Crippen molar-refractivity contribution in [1.82, 2.24) is 14.8 Å². The number of nitrogens with one attached hydrogen (secondary N) is 1. The molecule has 2 aromatic heterocycles. The molecule has 7 nitrogen and oxygen atoms in total. The Labute approximate surface area is 191 Å². The van der Waals surface area contributed by atoms with Crippen LogP contribution in [0.1, 0.15) is 66.9 Å². The van der Waals surface area contributed by atoms with Crippen LogP contribution in [0.3, 0.4) is 0 Å². The Hall–Kier alpha value is -2.87. The molecule has 3 aromatic rings. The van der Waals surface area contributed by atoms with Gasteiger partial charge in [0.2, 0.25) is 11.7 Å². The molecule has 1 amide bonds. The number of anilines is 1. The molecule has 0 unspecified atom stereocenters. The summed E-state index contributed by atoms with van der Waals surface area (Å²) >= 11 is 1.43. The predicted molar refractivity (Wildman–Crippen MR) is 123 cm³/mol. The van der Waals surface area contributed by atoms with E-state index in [4.69, 9.17) is 4.42 Å². The average molecular weight is 451 g/mol. The van der Waals surface area contributed by atoms with Gasteiger partial charge in [-0.3, -0.25) is 14.2 Å². The minimum atomic E-state index is 0.0350. The average Bonchev–Trinajstić information content (AvgIpc) is 3.45. The van der Waals surface area contributed by atoms with Gasteiger partial charge in [0.25, 0.3) is 0 Å². The second-order valence-electron chi connectivity index (χ2n) is 8.43. The Kier molecular flexibility index (Phi) is 6.12. The number of benzene rings is 1. The molecule has 1 aromatic carbocycles. The molecule has 166 valence electrons. The lowest BCUT2D eigenvalue weighted by molar-refractivity contribution is -0.116. The molecule has 1 fully saturated rings. The number of ketones is 1. The SMILES string of the molecule is O=C1CCCc2cc(C(=O)CSc3nnc(-c4ccco4)n3C3CCCCC3)ccc2N1. The molecular weight excluding hydrogens is 424 g/mol. The van der Waals surface area contributed by atoms with Gasteiger partial charge >= 0.3 is 0 Å². The maximum atomic E-state index is 13.0. The fourth-order valence-electron chi connectivity index (χ4n) is 4.58. The lowest BCUT2D eigenvalue weighted by atomic mass is 9.95. The minimum absolute atomic E-state index is 0.0350. The minimum Gasteiger partial charge on any atom is -0.461 e. The van der Waals surface area contributed by atoms with Gasteiger partial charge in [-0.25, -0.2) is 0 Å². The van der Waals surface area contributed by atoms with Crippen molar-refractivity contribution in [2.24, 2.45) is 0 Å². The number of Topliss-reactive ketones (excluding diaryl/α,β-unsaturated/α-hetero) is 1. The molecular formula is C24H26N4O3S. The molecule has 0 radical (unpaired) electrons. The van der Waals surface area contributed by atoms with Crippen molar-refractivity contribution in [3.05, 3.63) is 47.7 Å². The zero-order valence-corrected chi connectivity index (χ0v) is 18.7. The van der Waals surface area contributed by atoms with Crippen molar-refractivity contribution in [2.75, 3.05) is 11.1 Å². The summed E-state index contributed by atoms with van der Waals surface area (Å²) in [6.45, 7) is 0. The third-order valence-electron chi connectivity index (χ3n) is 6.23. The third kappa shape index (κ3) is 4.37. The summed E-state index contributed by atoms with van der Waals surface area (Å²) in [6, 6.07) is 9.64. The molecule has 0 atom stereocenters. The first-order valence-corrected chi connectivity index (χ1v) is 12.2.